The third-order valence-corrected chi connectivity index (χ3v) is 8.70. The van der Waals surface area contributed by atoms with Gasteiger partial charge in [-0.2, -0.15) is 5.10 Å². The Morgan fingerprint density at radius 2 is 2.05 bits per heavy atom. The van der Waals surface area contributed by atoms with Crippen LogP contribution in [0.4, 0.5) is 15.2 Å². The molecule has 2 aromatic carbocycles. The van der Waals surface area contributed by atoms with E-state index in [1.165, 1.54) is 16.0 Å². The molecule has 5 aromatic rings. The summed E-state index contributed by atoms with van der Waals surface area (Å²) in [6, 6.07) is 9.09. The molecule has 7 rings (SSSR count). The number of hydrogen-bond acceptors (Lipinski definition) is 8. The third-order valence-electron chi connectivity index (χ3n) is 7.70. The Kier molecular flexibility index (Phi) is 7.04. The molecule has 2 unspecified atom stereocenters. The minimum atomic E-state index is -1.03. The molecule has 1 fully saturated rings. The monoisotopic (exact) mass is 607 g/mol. The lowest BCUT2D eigenvalue weighted by Crippen LogP contribution is -2.36. The van der Waals surface area contributed by atoms with Crippen LogP contribution in [-0.2, 0) is 22.5 Å². The van der Waals surface area contributed by atoms with Crippen molar-refractivity contribution in [2.24, 2.45) is 0 Å². The van der Waals surface area contributed by atoms with E-state index in [0.717, 1.165) is 29.9 Å². The van der Waals surface area contributed by atoms with Gasteiger partial charge >= 0.3 is 0 Å². The van der Waals surface area contributed by atoms with Crippen molar-refractivity contribution in [2.45, 2.75) is 25.2 Å². The van der Waals surface area contributed by atoms with Crippen LogP contribution in [0.2, 0.25) is 5.02 Å². The number of benzene rings is 2. The fourth-order valence-electron chi connectivity index (χ4n) is 5.71. The molecule has 2 atom stereocenters. The first-order valence-electron chi connectivity index (χ1n) is 13.6. The van der Waals surface area contributed by atoms with Crippen LogP contribution in [0, 0.1) is 0 Å². The van der Waals surface area contributed by atoms with E-state index in [-0.39, 0.29) is 13.0 Å². The second kappa shape index (κ2) is 11.0. The quantitative estimate of drug-likeness (QED) is 0.279. The van der Waals surface area contributed by atoms with E-state index >= 15 is 0 Å². The maximum atomic E-state index is 14.3. The van der Waals surface area contributed by atoms with Crippen LogP contribution in [0.15, 0.2) is 54.4 Å². The molecule has 10 nitrogen and oxygen atoms in total. The second-order valence-corrected chi connectivity index (χ2v) is 11.5. The highest BCUT2D eigenvalue weighted by atomic mass is 35.5. The molecule has 0 aliphatic carbocycles. The van der Waals surface area contributed by atoms with Gasteiger partial charge < -0.3 is 18.9 Å². The maximum Gasteiger partial charge on any atom is 0.257 e. The standard InChI is InChI=1S/C29H27ClFN7O3S/c1-40-27-20(17-2-4-19(5-3-17)36-7-9-41-10-8-36)13-22(30)21-15-38(35-24(21)27)26(28(39)34-29-32-6-11-42-29)25-23-12-18(31)14-37(23)16-33-25/h2-6,11,13,15-16,18,26H,7-10,12,14H2,1H3,(H,32,34,39). The number of imidazole rings is 1. The number of fused-ring (bicyclic) bond motifs is 2. The zero-order chi connectivity index (χ0) is 28.8. The number of methoxy groups -OCH3 is 1. The number of aromatic nitrogens is 5. The average Bonchev–Trinajstić information content (AvgIpc) is 3.81. The SMILES string of the molecule is COc1c(-c2ccc(N3CCOCC3)cc2)cc(Cl)c2cn(C(C(=O)Nc3nccs3)c3ncn4c3CC(F)C4)nc12. The number of carbonyl (C=O) groups excluding carboxylic acids is 1. The lowest BCUT2D eigenvalue weighted by Gasteiger charge is -2.29. The number of anilines is 2. The number of nitrogens with one attached hydrogen (secondary N) is 1. The molecule has 0 bridgehead atoms. The number of nitrogens with zero attached hydrogens (tertiary/aromatic N) is 6. The number of thiazole rings is 1. The molecule has 2 aliphatic heterocycles. The molecule has 1 N–H and O–H groups in total. The summed E-state index contributed by atoms with van der Waals surface area (Å²) in [6.45, 7) is 3.33. The second-order valence-electron chi connectivity index (χ2n) is 10.2. The summed E-state index contributed by atoms with van der Waals surface area (Å²) in [5.74, 6) is 0.140. The lowest BCUT2D eigenvalue weighted by atomic mass is 10.0. The number of carbonyl (C=O) groups is 1. The third kappa shape index (κ3) is 4.79. The van der Waals surface area contributed by atoms with Crippen LogP contribution in [0.5, 0.6) is 5.75 Å². The summed E-state index contributed by atoms with van der Waals surface area (Å²) < 4.78 is 29.0. The Hall–Kier alpha value is -4.00. The smallest absolute Gasteiger partial charge is 0.257 e. The largest absolute Gasteiger partial charge is 0.494 e. The zero-order valence-electron chi connectivity index (χ0n) is 22.7. The summed E-state index contributed by atoms with van der Waals surface area (Å²) in [5, 5.41) is 11.0. The molecule has 0 spiro atoms. The minimum Gasteiger partial charge on any atom is -0.494 e. The zero-order valence-corrected chi connectivity index (χ0v) is 24.2. The van der Waals surface area contributed by atoms with Crippen LogP contribution >= 0.6 is 22.9 Å². The first kappa shape index (κ1) is 26.9. The van der Waals surface area contributed by atoms with E-state index in [1.54, 1.807) is 35.8 Å². The van der Waals surface area contributed by atoms with E-state index < -0.39 is 18.1 Å². The van der Waals surface area contributed by atoms with Gasteiger partial charge in [-0.3, -0.25) is 14.8 Å². The molecule has 42 heavy (non-hydrogen) atoms. The molecule has 1 saturated heterocycles. The van der Waals surface area contributed by atoms with Crippen LogP contribution in [0.25, 0.3) is 22.0 Å². The van der Waals surface area contributed by atoms with Gasteiger partial charge in [-0.05, 0) is 23.8 Å². The summed E-state index contributed by atoms with van der Waals surface area (Å²) in [6.07, 6.45) is 4.03. The normalized spacial score (nSPS) is 17.4. The van der Waals surface area contributed by atoms with Crippen molar-refractivity contribution in [1.82, 2.24) is 24.3 Å². The van der Waals surface area contributed by atoms with E-state index in [1.807, 2.05) is 18.2 Å². The predicted molar refractivity (Wildman–Crippen MR) is 159 cm³/mol. The Balaban J connectivity index is 1.30. The fraction of sp³-hybridized carbons (Fsp3) is 0.310. The van der Waals surface area contributed by atoms with E-state index in [0.29, 0.717) is 51.4 Å². The highest BCUT2D eigenvalue weighted by Gasteiger charge is 2.35. The molecule has 216 valence electrons. The number of amides is 1. The van der Waals surface area contributed by atoms with Crippen LogP contribution in [0.1, 0.15) is 17.4 Å². The van der Waals surface area contributed by atoms with Crippen LogP contribution in [-0.4, -0.2) is 69.8 Å². The Morgan fingerprint density at radius 3 is 2.79 bits per heavy atom. The predicted octanol–water partition coefficient (Wildman–Crippen LogP) is 4.98. The van der Waals surface area contributed by atoms with Gasteiger partial charge in [0.25, 0.3) is 5.91 Å². The van der Waals surface area contributed by atoms with Gasteiger partial charge in [0, 0.05) is 59.6 Å². The lowest BCUT2D eigenvalue weighted by molar-refractivity contribution is -0.118. The van der Waals surface area contributed by atoms with Crippen molar-refractivity contribution in [3.05, 3.63) is 70.8 Å². The number of alkyl halides is 1. The first-order chi connectivity index (χ1) is 20.5. The number of hydrogen-bond donors (Lipinski definition) is 1. The summed E-state index contributed by atoms with van der Waals surface area (Å²) >= 11 is 8.14. The number of ether oxygens (including phenoxy) is 2. The molecule has 13 heteroatoms. The topological polar surface area (TPSA) is 99.3 Å². The Labute approximate surface area is 249 Å². The molecule has 3 aromatic heterocycles. The van der Waals surface area contributed by atoms with Crippen molar-refractivity contribution < 1.29 is 18.7 Å². The Bertz CT molecular complexity index is 1750. The minimum absolute atomic E-state index is 0.172. The van der Waals surface area contributed by atoms with Gasteiger partial charge in [-0.1, -0.05) is 23.7 Å². The molecular weight excluding hydrogens is 581 g/mol. The highest BCUT2D eigenvalue weighted by Crippen LogP contribution is 2.41. The van der Waals surface area contributed by atoms with E-state index in [2.05, 4.69) is 32.3 Å². The van der Waals surface area contributed by atoms with Gasteiger partial charge in [0.15, 0.2) is 16.9 Å². The number of rotatable bonds is 7. The Morgan fingerprint density at radius 1 is 1.24 bits per heavy atom. The fourth-order valence-corrected chi connectivity index (χ4v) is 6.48. The number of morpholine rings is 1. The average molecular weight is 608 g/mol. The van der Waals surface area contributed by atoms with Gasteiger partial charge in [0.05, 0.1) is 43.9 Å². The number of halogens is 2. The van der Waals surface area contributed by atoms with Crippen molar-refractivity contribution in [1.29, 1.82) is 0 Å². The first-order valence-corrected chi connectivity index (χ1v) is 14.8. The van der Waals surface area contributed by atoms with Gasteiger partial charge in [-0.25, -0.2) is 14.4 Å². The van der Waals surface area contributed by atoms with Gasteiger partial charge in [0.1, 0.15) is 11.7 Å². The summed E-state index contributed by atoms with van der Waals surface area (Å²) in [7, 11) is 1.59. The van der Waals surface area contributed by atoms with Crippen molar-refractivity contribution in [2.75, 3.05) is 43.6 Å². The maximum absolute atomic E-state index is 14.3. The van der Waals surface area contributed by atoms with Crippen LogP contribution in [0.3, 0.4) is 0 Å². The molecule has 5 heterocycles. The summed E-state index contributed by atoms with van der Waals surface area (Å²) in [4.78, 5) is 24.7. The van der Waals surface area contributed by atoms with Gasteiger partial charge in [-0.15, -0.1) is 11.3 Å². The van der Waals surface area contributed by atoms with Crippen molar-refractivity contribution >= 4 is 50.6 Å². The summed E-state index contributed by atoms with van der Waals surface area (Å²) in [5.41, 5.74) is 4.42. The van der Waals surface area contributed by atoms with Crippen LogP contribution < -0.4 is 15.0 Å². The van der Waals surface area contributed by atoms with Crippen molar-refractivity contribution in [3.8, 4) is 16.9 Å². The molecule has 1 amide bonds. The highest BCUT2D eigenvalue weighted by molar-refractivity contribution is 7.13. The molecule has 0 saturated carbocycles. The molecular formula is C29H27ClFN7O3S. The van der Waals surface area contributed by atoms with Crippen molar-refractivity contribution in [3.63, 3.8) is 0 Å². The van der Waals surface area contributed by atoms with E-state index in [4.69, 9.17) is 26.2 Å². The molecule has 0 radical (unpaired) electrons. The molecule has 2 aliphatic rings. The van der Waals surface area contributed by atoms with E-state index in [9.17, 15) is 9.18 Å². The van der Waals surface area contributed by atoms with Gasteiger partial charge in [0.2, 0.25) is 0 Å².